The van der Waals surface area contributed by atoms with Crippen LogP contribution < -0.4 is 5.32 Å². The van der Waals surface area contributed by atoms with Gasteiger partial charge in [0.15, 0.2) is 0 Å². The molecule has 0 aliphatic carbocycles. The molecule has 3 heterocycles. The third-order valence-corrected chi connectivity index (χ3v) is 4.35. The molecule has 0 unspecified atom stereocenters. The van der Waals surface area contributed by atoms with Crippen molar-refractivity contribution < 1.29 is 9.32 Å². The highest BCUT2D eigenvalue weighted by atomic mass is 16.5. The number of rotatable bonds is 3. The molecule has 0 fully saturated rings. The minimum absolute atomic E-state index is 0.232. The van der Waals surface area contributed by atoms with Crippen molar-refractivity contribution >= 4 is 17.2 Å². The van der Waals surface area contributed by atoms with Crippen molar-refractivity contribution in [2.24, 2.45) is 0 Å². The van der Waals surface area contributed by atoms with Crippen LogP contribution in [-0.4, -0.2) is 20.4 Å². The van der Waals surface area contributed by atoms with Gasteiger partial charge in [-0.05, 0) is 44.5 Å². The molecule has 6 nitrogen and oxygen atoms in total. The van der Waals surface area contributed by atoms with E-state index in [1.807, 2.05) is 60.1 Å². The summed E-state index contributed by atoms with van der Waals surface area (Å²) in [5.74, 6) is 0.274. The van der Waals surface area contributed by atoms with Gasteiger partial charge in [0.25, 0.3) is 5.91 Å². The number of fused-ring (bicyclic) bond motifs is 1. The standard InChI is InChI=1S/C20H18N4O2/c1-12-6-5-9-24-11-17(22-19(12)24)15-7-4-8-16(10-15)21-20(25)18-13(2)23-26-14(18)3/h4-11H,1-3H3,(H,21,25). The van der Waals surface area contributed by atoms with Crippen LogP contribution in [0.1, 0.15) is 27.4 Å². The lowest BCUT2D eigenvalue weighted by Gasteiger charge is -2.06. The minimum atomic E-state index is -0.232. The topological polar surface area (TPSA) is 72.4 Å². The summed E-state index contributed by atoms with van der Waals surface area (Å²) < 4.78 is 7.07. The smallest absolute Gasteiger partial charge is 0.261 e. The maximum atomic E-state index is 12.5. The fourth-order valence-corrected chi connectivity index (χ4v) is 3.05. The van der Waals surface area contributed by atoms with Crippen LogP contribution in [0.15, 0.2) is 53.3 Å². The first-order chi connectivity index (χ1) is 12.5. The molecule has 0 spiro atoms. The Hall–Kier alpha value is -3.41. The Balaban J connectivity index is 1.66. The van der Waals surface area contributed by atoms with Gasteiger partial charge in [0, 0.05) is 23.6 Å². The first-order valence-electron chi connectivity index (χ1n) is 8.32. The number of aryl methyl sites for hydroxylation is 3. The van der Waals surface area contributed by atoms with Crippen LogP contribution >= 0.6 is 0 Å². The Kier molecular flexibility index (Phi) is 3.80. The van der Waals surface area contributed by atoms with Gasteiger partial charge in [-0.2, -0.15) is 0 Å². The predicted octanol–water partition coefficient (Wildman–Crippen LogP) is 4.17. The maximum Gasteiger partial charge on any atom is 0.261 e. The average Bonchev–Trinajstić information content (AvgIpc) is 3.19. The Morgan fingerprint density at radius 1 is 1.15 bits per heavy atom. The Morgan fingerprint density at radius 2 is 2.00 bits per heavy atom. The van der Waals surface area contributed by atoms with E-state index < -0.39 is 0 Å². The maximum absolute atomic E-state index is 12.5. The van der Waals surface area contributed by atoms with Crippen LogP contribution in [0, 0.1) is 20.8 Å². The number of hydrogen-bond acceptors (Lipinski definition) is 4. The zero-order valence-corrected chi connectivity index (χ0v) is 14.8. The molecular weight excluding hydrogens is 328 g/mol. The summed E-state index contributed by atoms with van der Waals surface area (Å²) in [7, 11) is 0. The number of nitrogens with zero attached hydrogens (tertiary/aromatic N) is 3. The SMILES string of the molecule is Cc1noc(C)c1C(=O)Nc1cccc(-c2cn3cccc(C)c3n2)c1. The number of nitrogens with one attached hydrogen (secondary N) is 1. The van der Waals surface area contributed by atoms with Gasteiger partial charge in [-0.25, -0.2) is 4.98 Å². The molecule has 3 aromatic heterocycles. The molecule has 0 aliphatic heterocycles. The number of imidazole rings is 1. The van der Waals surface area contributed by atoms with Crippen molar-refractivity contribution in [2.75, 3.05) is 5.32 Å². The van der Waals surface area contributed by atoms with Crippen LogP contribution in [0.4, 0.5) is 5.69 Å². The lowest BCUT2D eigenvalue weighted by Crippen LogP contribution is -2.13. The quantitative estimate of drug-likeness (QED) is 0.604. The number of carbonyl (C=O) groups excluding carboxylic acids is 1. The molecule has 0 saturated heterocycles. The Morgan fingerprint density at radius 3 is 2.73 bits per heavy atom. The van der Waals surface area contributed by atoms with Gasteiger partial charge in [-0.15, -0.1) is 0 Å². The number of hydrogen-bond donors (Lipinski definition) is 1. The zero-order valence-electron chi connectivity index (χ0n) is 14.8. The molecule has 6 heteroatoms. The van der Waals surface area contributed by atoms with E-state index in [0.29, 0.717) is 22.7 Å². The largest absolute Gasteiger partial charge is 0.361 e. The van der Waals surface area contributed by atoms with Crippen molar-refractivity contribution in [2.45, 2.75) is 20.8 Å². The van der Waals surface area contributed by atoms with Gasteiger partial charge in [0.1, 0.15) is 17.0 Å². The fraction of sp³-hybridized carbons (Fsp3) is 0.150. The molecule has 1 aromatic carbocycles. The van der Waals surface area contributed by atoms with Gasteiger partial charge in [0.05, 0.1) is 11.4 Å². The second-order valence-electron chi connectivity index (χ2n) is 6.28. The molecular formula is C20H18N4O2. The molecule has 0 bridgehead atoms. The van der Waals surface area contributed by atoms with E-state index in [1.54, 1.807) is 13.8 Å². The number of benzene rings is 1. The highest BCUT2D eigenvalue weighted by Crippen LogP contribution is 2.24. The second-order valence-corrected chi connectivity index (χ2v) is 6.28. The van der Waals surface area contributed by atoms with Gasteiger partial charge in [-0.1, -0.05) is 23.4 Å². The van der Waals surface area contributed by atoms with E-state index in [9.17, 15) is 4.79 Å². The van der Waals surface area contributed by atoms with Crippen LogP contribution in [0.3, 0.4) is 0 Å². The molecule has 4 rings (SSSR count). The zero-order chi connectivity index (χ0) is 18.3. The van der Waals surface area contributed by atoms with Crippen LogP contribution in [0.5, 0.6) is 0 Å². The fourth-order valence-electron chi connectivity index (χ4n) is 3.05. The summed E-state index contributed by atoms with van der Waals surface area (Å²) in [6.07, 6.45) is 3.96. The lowest BCUT2D eigenvalue weighted by molar-refractivity contribution is 0.102. The summed E-state index contributed by atoms with van der Waals surface area (Å²) in [4.78, 5) is 17.2. The summed E-state index contributed by atoms with van der Waals surface area (Å²) in [5, 5.41) is 6.74. The number of pyridine rings is 1. The van der Waals surface area contributed by atoms with E-state index in [0.717, 1.165) is 22.5 Å². The Labute approximate surface area is 150 Å². The minimum Gasteiger partial charge on any atom is -0.361 e. The molecule has 1 amide bonds. The van der Waals surface area contributed by atoms with Gasteiger partial charge in [0.2, 0.25) is 0 Å². The first-order valence-corrected chi connectivity index (χ1v) is 8.32. The first kappa shape index (κ1) is 16.1. The van der Waals surface area contributed by atoms with E-state index in [-0.39, 0.29) is 5.91 Å². The van der Waals surface area contributed by atoms with Gasteiger partial charge >= 0.3 is 0 Å². The third-order valence-electron chi connectivity index (χ3n) is 4.35. The third kappa shape index (κ3) is 2.75. The van der Waals surface area contributed by atoms with E-state index in [2.05, 4.69) is 10.5 Å². The van der Waals surface area contributed by atoms with E-state index in [4.69, 9.17) is 9.51 Å². The Bertz CT molecular complexity index is 1100. The van der Waals surface area contributed by atoms with Gasteiger partial charge < -0.3 is 14.2 Å². The number of anilines is 1. The lowest BCUT2D eigenvalue weighted by atomic mass is 10.1. The molecule has 0 atom stereocenters. The highest BCUT2D eigenvalue weighted by molar-refractivity contribution is 6.05. The van der Waals surface area contributed by atoms with E-state index in [1.165, 1.54) is 0 Å². The van der Waals surface area contributed by atoms with Gasteiger partial charge in [-0.3, -0.25) is 4.79 Å². The van der Waals surface area contributed by atoms with Crippen molar-refractivity contribution in [3.8, 4) is 11.3 Å². The molecule has 0 aliphatic rings. The molecule has 130 valence electrons. The molecule has 4 aromatic rings. The molecule has 0 saturated carbocycles. The number of carbonyl (C=O) groups is 1. The molecule has 1 N–H and O–H groups in total. The summed E-state index contributed by atoms with van der Waals surface area (Å²) >= 11 is 0. The average molecular weight is 346 g/mol. The summed E-state index contributed by atoms with van der Waals surface area (Å²) in [6, 6.07) is 11.7. The summed E-state index contributed by atoms with van der Waals surface area (Å²) in [5.41, 5.74) is 5.57. The predicted molar refractivity (Wildman–Crippen MR) is 99.3 cm³/mol. The normalized spacial score (nSPS) is 11.0. The van der Waals surface area contributed by atoms with Crippen molar-refractivity contribution in [1.29, 1.82) is 0 Å². The second kappa shape index (κ2) is 6.15. The van der Waals surface area contributed by atoms with Crippen LogP contribution in [0.25, 0.3) is 16.9 Å². The van der Waals surface area contributed by atoms with Crippen molar-refractivity contribution in [1.82, 2.24) is 14.5 Å². The summed E-state index contributed by atoms with van der Waals surface area (Å²) in [6.45, 7) is 5.51. The van der Waals surface area contributed by atoms with Crippen LogP contribution in [0.2, 0.25) is 0 Å². The van der Waals surface area contributed by atoms with Crippen molar-refractivity contribution in [3.05, 3.63) is 71.4 Å². The van der Waals surface area contributed by atoms with Crippen LogP contribution in [-0.2, 0) is 0 Å². The molecule has 26 heavy (non-hydrogen) atoms. The monoisotopic (exact) mass is 346 g/mol. The molecule has 0 radical (unpaired) electrons. The number of aromatic nitrogens is 3. The van der Waals surface area contributed by atoms with E-state index >= 15 is 0 Å². The van der Waals surface area contributed by atoms with Crippen molar-refractivity contribution in [3.63, 3.8) is 0 Å². The number of amides is 1. The highest BCUT2D eigenvalue weighted by Gasteiger charge is 2.17.